The van der Waals surface area contributed by atoms with Gasteiger partial charge in [-0.05, 0) is 76.6 Å². The van der Waals surface area contributed by atoms with Crippen LogP contribution in [0.4, 0.5) is 5.69 Å². The molecule has 5 aromatic rings. The lowest BCUT2D eigenvalue weighted by Crippen LogP contribution is -2.05. The molecule has 6 rings (SSSR count). The van der Waals surface area contributed by atoms with Crippen LogP contribution in [0.15, 0.2) is 108 Å². The monoisotopic (exact) mass is 463 g/mol. The number of allylic oxidation sites excluding steroid dienone is 1. The average molecular weight is 464 g/mol. The number of aliphatic imine (C=N–C) groups is 1. The summed E-state index contributed by atoms with van der Waals surface area (Å²) in [6.45, 7) is 6.45. The second kappa shape index (κ2) is 9.09. The first-order valence-electron chi connectivity index (χ1n) is 12.6. The van der Waals surface area contributed by atoms with Gasteiger partial charge in [0.1, 0.15) is 0 Å². The van der Waals surface area contributed by atoms with Crippen molar-refractivity contribution in [3.05, 3.63) is 148 Å². The summed E-state index contributed by atoms with van der Waals surface area (Å²) in [4.78, 5) is 5.11. The third-order valence-corrected chi connectivity index (χ3v) is 7.31. The van der Waals surface area contributed by atoms with Crippen LogP contribution >= 0.6 is 0 Å². The smallest absolute Gasteiger partial charge is 0.0688 e. The second-order valence-corrected chi connectivity index (χ2v) is 9.82. The lowest BCUT2D eigenvalue weighted by Gasteiger charge is -2.21. The average Bonchev–Trinajstić information content (AvgIpc) is 3.28. The van der Waals surface area contributed by atoms with Gasteiger partial charge in [0, 0.05) is 17.7 Å². The first kappa shape index (κ1) is 22.2. The Labute approximate surface area is 213 Å². The summed E-state index contributed by atoms with van der Waals surface area (Å²) in [7, 11) is 0. The summed E-state index contributed by atoms with van der Waals surface area (Å²) >= 11 is 0. The van der Waals surface area contributed by atoms with Crippen LogP contribution in [0.3, 0.4) is 0 Å². The number of hydrogen-bond acceptors (Lipinski definition) is 1. The van der Waals surface area contributed by atoms with Crippen LogP contribution < -0.4 is 0 Å². The fourth-order valence-electron chi connectivity index (χ4n) is 5.75. The summed E-state index contributed by atoms with van der Waals surface area (Å²) in [5.74, 6) is 0.148. The highest BCUT2D eigenvalue weighted by atomic mass is 14.7. The summed E-state index contributed by atoms with van der Waals surface area (Å²) in [6, 6.07) is 37.2. The highest BCUT2D eigenvalue weighted by molar-refractivity contribution is 6.04. The molecule has 1 heteroatoms. The van der Waals surface area contributed by atoms with E-state index < -0.39 is 0 Å². The topological polar surface area (TPSA) is 12.4 Å². The molecule has 0 heterocycles. The second-order valence-electron chi connectivity index (χ2n) is 9.82. The number of aryl methyl sites for hydroxylation is 3. The Morgan fingerprint density at radius 1 is 0.667 bits per heavy atom. The van der Waals surface area contributed by atoms with Crippen molar-refractivity contribution < 1.29 is 0 Å². The molecule has 0 bridgehead atoms. The number of fused-ring (bicyclic) bond motifs is 2. The number of benzene rings is 5. The molecule has 0 amide bonds. The number of nitrogens with zero attached hydrogens (tertiary/aromatic N) is 1. The lowest BCUT2D eigenvalue weighted by molar-refractivity contribution is 1.07. The van der Waals surface area contributed by atoms with Gasteiger partial charge in [-0.3, -0.25) is 4.99 Å². The lowest BCUT2D eigenvalue weighted by atomic mass is 9.82. The normalized spacial score (nSPS) is 14.9. The van der Waals surface area contributed by atoms with Crippen molar-refractivity contribution in [1.82, 2.24) is 0 Å². The largest absolute Gasteiger partial charge is 0.256 e. The highest BCUT2D eigenvalue weighted by Crippen LogP contribution is 2.47. The van der Waals surface area contributed by atoms with E-state index in [1.54, 1.807) is 0 Å². The van der Waals surface area contributed by atoms with Gasteiger partial charge in [-0.1, -0.05) is 109 Å². The maximum Gasteiger partial charge on any atom is 0.0688 e. The van der Waals surface area contributed by atoms with Gasteiger partial charge < -0.3 is 0 Å². The molecule has 0 saturated carbocycles. The van der Waals surface area contributed by atoms with E-state index in [0.29, 0.717) is 0 Å². The fraction of sp³-hybridized carbons (Fsp3) is 0.114. The van der Waals surface area contributed by atoms with Gasteiger partial charge in [-0.15, -0.1) is 0 Å². The van der Waals surface area contributed by atoms with E-state index >= 15 is 0 Å². The van der Waals surface area contributed by atoms with Gasteiger partial charge in [0.05, 0.1) is 5.69 Å². The SMILES string of the molecule is Cc1cc(C)c(N=Cc2c(C3C(c4ccccc4)=Cc4ccccc43)ccc3ccccc23)c(C)c1. The van der Waals surface area contributed by atoms with Gasteiger partial charge in [0.25, 0.3) is 0 Å². The highest BCUT2D eigenvalue weighted by Gasteiger charge is 2.29. The molecule has 174 valence electrons. The Morgan fingerprint density at radius 3 is 2.17 bits per heavy atom. The molecule has 0 spiro atoms. The van der Waals surface area contributed by atoms with Crippen molar-refractivity contribution in [2.75, 3.05) is 0 Å². The van der Waals surface area contributed by atoms with Gasteiger partial charge >= 0.3 is 0 Å². The quantitative estimate of drug-likeness (QED) is 0.236. The molecular formula is C35H29N. The standard InChI is InChI=1S/C35H29N/c1-23-19-24(2)35(25(3)20-23)36-22-33-29-15-9-7-13-27(29)17-18-31(33)34-30-16-10-8-14-28(30)21-32(34)26-11-5-4-6-12-26/h4-22,34H,1-3H3. The predicted octanol–water partition coefficient (Wildman–Crippen LogP) is 9.20. The number of hydrogen-bond donors (Lipinski definition) is 0. The van der Waals surface area contributed by atoms with Crippen LogP contribution in [-0.4, -0.2) is 6.21 Å². The van der Waals surface area contributed by atoms with Crippen molar-refractivity contribution in [3.63, 3.8) is 0 Å². The first-order valence-corrected chi connectivity index (χ1v) is 12.6. The molecule has 0 N–H and O–H groups in total. The summed E-state index contributed by atoms with van der Waals surface area (Å²) in [5, 5.41) is 2.47. The molecule has 0 aromatic heterocycles. The molecule has 1 aliphatic rings. The predicted molar refractivity (Wildman–Crippen MR) is 154 cm³/mol. The first-order chi connectivity index (χ1) is 17.6. The zero-order valence-electron chi connectivity index (χ0n) is 21.0. The van der Waals surface area contributed by atoms with Crippen LogP contribution in [0.2, 0.25) is 0 Å². The Hall–Kier alpha value is -4.23. The van der Waals surface area contributed by atoms with E-state index in [0.717, 1.165) is 5.69 Å². The van der Waals surface area contributed by atoms with Crippen molar-refractivity contribution in [2.45, 2.75) is 26.7 Å². The van der Waals surface area contributed by atoms with E-state index in [1.807, 2.05) is 0 Å². The maximum absolute atomic E-state index is 5.11. The van der Waals surface area contributed by atoms with E-state index in [4.69, 9.17) is 4.99 Å². The minimum Gasteiger partial charge on any atom is -0.256 e. The van der Waals surface area contributed by atoms with Gasteiger partial charge in [-0.25, -0.2) is 0 Å². The minimum absolute atomic E-state index is 0.148. The van der Waals surface area contributed by atoms with Crippen molar-refractivity contribution in [2.24, 2.45) is 4.99 Å². The fourth-order valence-corrected chi connectivity index (χ4v) is 5.75. The Kier molecular flexibility index (Phi) is 5.62. The van der Waals surface area contributed by atoms with Crippen LogP contribution in [0.1, 0.15) is 50.4 Å². The molecule has 1 nitrogen and oxygen atoms in total. The number of rotatable bonds is 4. The molecule has 36 heavy (non-hydrogen) atoms. The molecule has 5 aromatic carbocycles. The van der Waals surface area contributed by atoms with E-state index in [2.05, 4.69) is 136 Å². The van der Waals surface area contributed by atoms with Crippen LogP contribution in [0.5, 0.6) is 0 Å². The zero-order valence-corrected chi connectivity index (χ0v) is 21.0. The van der Waals surface area contributed by atoms with Crippen molar-refractivity contribution in [1.29, 1.82) is 0 Å². The Morgan fingerprint density at radius 2 is 1.36 bits per heavy atom. The molecule has 0 radical (unpaired) electrons. The maximum atomic E-state index is 5.11. The molecule has 1 unspecified atom stereocenters. The van der Waals surface area contributed by atoms with Crippen LogP contribution in [0, 0.1) is 20.8 Å². The summed E-state index contributed by atoms with van der Waals surface area (Å²) < 4.78 is 0. The Balaban J connectivity index is 1.59. The van der Waals surface area contributed by atoms with Gasteiger partial charge in [0.15, 0.2) is 0 Å². The molecule has 0 saturated heterocycles. The van der Waals surface area contributed by atoms with E-state index in [-0.39, 0.29) is 5.92 Å². The molecule has 0 aliphatic heterocycles. The van der Waals surface area contributed by atoms with Crippen LogP contribution in [-0.2, 0) is 0 Å². The third-order valence-electron chi connectivity index (χ3n) is 7.31. The van der Waals surface area contributed by atoms with Crippen molar-refractivity contribution >= 4 is 34.3 Å². The summed E-state index contributed by atoms with van der Waals surface area (Å²) in [6.07, 6.45) is 4.46. The van der Waals surface area contributed by atoms with Gasteiger partial charge in [0.2, 0.25) is 0 Å². The summed E-state index contributed by atoms with van der Waals surface area (Å²) in [5.41, 5.74) is 12.5. The molecular weight excluding hydrogens is 434 g/mol. The van der Waals surface area contributed by atoms with Crippen LogP contribution in [0.25, 0.3) is 22.4 Å². The van der Waals surface area contributed by atoms with Gasteiger partial charge in [-0.2, -0.15) is 0 Å². The van der Waals surface area contributed by atoms with E-state index in [9.17, 15) is 0 Å². The Bertz CT molecular complexity index is 1630. The zero-order chi connectivity index (χ0) is 24.6. The molecule has 1 atom stereocenters. The third kappa shape index (κ3) is 3.87. The van der Waals surface area contributed by atoms with Crippen molar-refractivity contribution in [3.8, 4) is 0 Å². The molecule has 0 fully saturated rings. The van der Waals surface area contributed by atoms with E-state index in [1.165, 1.54) is 60.9 Å². The molecule has 1 aliphatic carbocycles. The minimum atomic E-state index is 0.148.